The fourth-order valence-electron chi connectivity index (χ4n) is 2.45. The topological polar surface area (TPSA) is 63.4 Å². The van der Waals surface area contributed by atoms with Crippen LogP contribution in [0.1, 0.15) is 31.2 Å². The highest BCUT2D eigenvalue weighted by Crippen LogP contribution is 2.29. The van der Waals surface area contributed by atoms with Gasteiger partial charge in [0, 0.05) is 18.8 Å². The summed E-state index contributed by atoms with van der Waals surface area (Å²) in [5.41, 5.74) is 7.64. The SMILES string of the molecule is CCCS(=O)(=O)N1CCC(c2cccc(N)c2)C1. The summed E-state index contributed by atoms with van der Waals surface area (Å²) in [4.78, 5) is 0. The molecule has 100 valence electrons. The van der Waals surface area contributed by atoms with Crippen molar-refractivity contribution in [3.05, 3.63) is 29.8 Å². The number of nitrogen functional groups attached to an aromatic ring is 1. The van der Waals surface area contributed by atoms with Gasteiger partial charge in [-0.1, -0.05) is 19.1 Å². The Hall–Kier alpha value is -1.07. The van der Waals surface area contributed by atoms with Gasteiger partial charge < -0.3 is 5.73 Å². The molecule has 0 amide bonds. The Morgan fingerprint density at radius 2 is 2.22 bits per heavy atom. The summed E-state index contributed by atoms with van der Waals surface area (Å²) in [5, 5.41) is 0. The summed E-state index contributed by atoms with van der Waals surface area (Å²) in [6.07, 6.45) is 1.55. The number of hydrogen-bond donors (Lipinski definition) is 1. The summed E-state index contributed by atoms with van der Waals surface area (Å²) in [5.74, 6) is 0.525. The van der Waals surface area contributed by atoms with Crippen LogP contribution >= 0.6 is 0 Å². The maximum Gasteiger partial charge on any atom is 0.214 e. The fourth-order valence-corrected chi connectivity index (χ4v) is 4.02. The molecule has 1 aliphatic heterocycles. The Morgan fingerprint density at radius 3 is 2.89 bits per heavy atom. The van der Waals surface area contributed by atoms with Gasteiger partial charge in [0.2, 0.25) is 10.0 Å². The van der Waals surface area contributed by atoms with Crippen molar-refractivity contribution in [2.75, 3.05) is 24.6 Å². The van der Waals surface area contributed by atoms with Crippen LogP contribution in [0.2, 0.25) is 0 Å². The maximum atomic E-state index is 12.0. The summed E-state index contributed by atoms with van der Waals surface area (Å²) in [7, 11) is -3.06. The molecule has 2 N–H and O–H groups in total. The summed E-state index contributed by atoms with van der Waals surface area (Å²) in [6, 6.07) is 7.75. The van der Waals surface area contributed by atoms with E-state index in [-0.39, 0.29) is 11.7 Å². The van der Waals surface area contributed by atoms with E-state index in [1.165, 1.54) is 0 Å². The lowest BCUT2D eigenvalue weighted by Gasteiger charge is -2.16. The Morgan fingerprint density at radius 1 is 1.44 bits per heavy atom. The van der Waals surface area contributed by atoms with Gasteiger partial charge in [-0.3, -0.25) is 0 Å². The Labute approximate surface area is 109 Å². The highest BCUT2D eigenvalue weighted by Gasteiger charge is 2.31. The van der Waals surface area contributed by atoms with Gasteiger partial charge in [-0.05, 0) is 36.5 Å². The molecule has 5 heteroatoms. The van der Waals surface area contributed by atoms with Crippen molar-refractivity contribution in [3.8, 4) is 0 Å². The third-order valence-corrected chi connectivity index (χ3v) is 5.43. The Balaban J connectivity index is 2.09. The summed E-state index contributed by atoms with van der Waals surface area (Å²) in [6.45, 7) is 3.11. The van der Waals surface area contributed by atoms with Crippen molar-refractivity contribution in [2.24, 2.45) is 0 Å². The lowest BCUT2D eigenvalue weighted by molar-refractivity contribution is 0.472. The molecule has 1 fully saturated rings. The number of nitrogens with two attached hydrogens (primary N) is 1. The van der Waals surface area contributed by atoms with Crippen molar-refractivity contribution >= 4 is 15.7 Å². The molecule has 0 aromatic heterocycles. The van der Waals surface area contributed by atoms with Crippen LogP contribution in [0.15, 0.2) is 24.3 Å². The molecule has 2 rings (SSSR count). The van der Waals surface area contributed by atoms with Gasteiger partial charge in [-0.15, -0.1) is 0 Å². The van der Waals surface area contributed by atoms with E-state index in [0.29, 0.717) is 19.5 Å². The second-order valence-corrected chi connectivity index (χ2v) is 6.92. The molecule has 1 atom stereocenters. The van der Waals surface area contributed by atoms with Crippen LogP contribution in [0, 0.1) is 0 Å². The van der Waals surface area contributed by atoms with E-state index in [1.807, 2.05) is 31.2 Å². The van der Waals surface area contributed by atoms with Crippen molar-refractivity contribution < 1.29 is 8.42 Å². The predicted octanol–water partition coefficient (Wildman–Crippen LogP) is 1.80. The maximum absolute atomic E-state index is 12.0. The molecule has 1 unspecified atom stereocenters. The minimum atomic E-state index is -3.06. The number of sulfonamides is 1. The molecule has 0 spiro atoms. The van der Waals surface area contributed by atoms with E-state index in [4.69, 9.17) is 5.73 Å². The van der Waals surface area contributed by atoms with Crippen molar-refractivity contribution in [1.82, 2.24) is 4.31 Å². The minimum absolute atomic E-state index is 0.247. The van der Waals surface area contributed by atoms with Gasteiger partial charge in [0.05, 0.1) is 5.75 Å². The first kappa shape index (κ1) is 13.4. The predicted molar refractivity (Wildman–Crippen MR) is 73.9 cm³/mol. The molecule has 1 aromatic carbocycles. The third kappa shape index (κ3) is 2.84. The molecule has 1 aromatic rings. The standard InChI is InChI=1S/C13H20N2O2S/c1-2-8-18(16,17)15-7-6-12(10-15)11-4-3-5-13(14)9-11/h3-5,9,12H,2,6-8,10,14H2,1H3. The first-order chi connectivity index (χ1) is 8.53. The van der Waals surface area contributed by atoms with E-state index in [1.54, 1.807) is 4.31 Å². The molecule has 1 aliphatic rings. The molecular formula is C13H20N2O2S. The zero-order valence-corrected chi connectivity index (χ0v) is 11.5. The molecule has 0 aliphatic carbocycles. The molecule has 4 nitrogen and oxygen atoms in total. The van der Waals surface area contributed by atoms with E-state index in [2.05, 4.69) is 0 Å². The summed E-state index contributed by atoms with van der Waals surface area (Å²) < 4.78 is 25.6. The number of nitrogens with zero attached hydrogens (tertiary/aromatic N) is 1. The largest absolute Gasteiger partial charge is 0.399 e. The molecule has 0 radical (unpaired) electrons. The third-order valence-electron chi connectivity index (χ3n) is 3.39. The van der Waals surface area contributed by atoms with Crippen molar-refractivity contribution in [2.45, 2.75) is 25.7 Å². The number of hydrogen-bond acceptors (Lipinski definition) is 3. The molecule has 0 bridgehead atoms. The van der Waals surface area contributed by atoms with Crippen LogP contribution in [0.3, 0.4) is 0 Å². The minimum Gasteiger partial charge on any atom is -0.399 e. The van der Waals surface area contributed by atoms with E-state index in [0.717, 1.165) is 17.7 Å². The molecular weight excluding hydrogens is 248 g/mol. The second-order valence-electron chi connectivity index (χ2n) is 4.83. The van der Waals surface area contributed by atoms with E-state index >= 15 is 0 Å². The number of anilines is 1. The van der Waals surface area contributed by atoms with Gasteiger partial charge >= 0.3 is 0 Å². The highest BCUT2D eigenvalue weighted by molar-refractivity contribution is 7.89. The average molecular weight is 268 g/mol. The lowest BCUT2D eigenvalue weighted by atomic mass is 9.98. The number of benzene rings is 1. The van der Waals surface area contributed by atoms with Crippen LogP contribution in [-0.4, -0.2) is 31.6 Å². The van der Waals surface area contributed by atoms with Crippen molar-refractivity contribution in [3.63, 3.8) is 0 Å². The van der Waals surface area contributed by atoms with Crippen LogP contribution in [0.5, 0.6) is 0 Å². The van der Waals surface area contributed by atoms with Gasteiger partial charge in [0.15, 0.2) is 0 Å². The van der Waals surface area contributed by atoms with Gasteiger partial charge in [-0.2, -0.15) is 0 Å². The second kappa shape index (κ2) is 5.28. The highest BCUT2D eigenvalue weighted by atomic mass is 32.2. The zero-order chi connectivity index (χ0) is 13.2. The average Bonchev–Trinajstić information content (AvgIpc) is 2.78. The summed E-state index contributed by atoms with van der Waals surface area (Å²) >= 11 is 0. The van der Waals surface area contributed by atoms with Crippen molar-refractivity contribution in [1.29, 1.82) is 0 Å². The van der Waals surface area contributed by atoms with Crippen LogP contribution in [0.25, 0.3) is 0 Å². The van der Waals surface area contributed by atoms with Crippen LogP contribution in [0.4, 0.5) is 5.69 Å². The quantitative estimate of drug-likeness (QED) is 0.847. The molecule has 1 saturated heterocycles. The van der Waals surface area contributed by atoms with E-state index in [9.17, 15) is 8.42 Å². The first-order valence-electron chi connectivity index (χ1n) is 6.36. The van der Waals surface area contributed by atoms with E-state index < -0.39 is 10.0 Å². The zero-order valence-electron chi connectivity index (χ0n) is 10.7. The fraction of sp³-hybridized carbons (Fsp3) is 0.538. The first-order valence-corrected chi connectivity index (χ1v) is 7.97. The normalized spacial score (nSPS) is 21.3. The molecule has 1 heterocycles. The number of rotatable bonds is 4. The monoisotopic (exact) mass is 268 g/mol. The van der Waals surface area contributed by atoms with Gasteiger partial charge in [0.1, 0.15) is 0 Å². The Kier molecular flexibility index (Phi) is 3.92. The van der Waals surface area contributed by atoms with Crippen LogP contribution < -0.4 is 5.73 Å². The smallest absolute Gasteiger partial charge is 0.214 e. The molecule has 0 saturated carbocycles. The van der Waals surface area contributed by atoms with Gasteiger partial charge in [-0.25, -0.2) is 12.7 Å². The van der Waals surface area contributed by atoms with Gasteiger partial charge in [0.25, 0.3) is 0 Å². The Bertz CT molecular complexity index is 513. The lowest BCUT2D eigenvalue weighted by Crippen LogP contribution is -2.30. The van der Waals surface area contributed by atoms with Crippen LogP contribution in [-0.2, 0) is 10.0 Å². The molecule has 18 heavy (non-hydrogen) atoms.